The maximum Gasteiger partial charge on any atom is 0.293 e. The number of hydrogen-bond acceptors (Lipinski definition) is 5. The molecule has 0 aliphatic carbocycles. The van der Waals surface area contributed by atoms with Gasteiger partial charge in [0.05, 0.1) is 15.0 Å². The lowest BCUT2D eigenvalue weighted by Gasteiger charge is -2.11. The van der Waals surface area contributed by atoms with Gasteiger partial charge < -0.3 is 5.11 Å². The van der Waals surface area contributed by atoms with E-state index in [2.05, 4.69) is 0 Å². The van der Waals surface area contributed by atoms with E-state index in [0.717, 1.165) is 16.7 Å². The predicted molar refractivity (Wildman–Crippen MR) is 109 cm³/mol. The van der Waals surface area contributed by atoms with Crippen LogP contribution in [0.3, 0.4) is 0 Å². The fraction of sp³-hybridized carbons (Fsp3) is 0.0556. The molecule has 132 valence electrons. The summed E-state index contributed by atoms with van der Waals surface area (Å²) in [4.78, 5) is 38.1. The van der Waals surface area contributed by atoms with Crippen molar-refractivity contribution >= 4 is 69.0 Å². The topological polar surface area (TPSA) is 74.7 Å². The van der Waals surface area contributed by atoms with Gasteiger partial charge in [0.2, 0.25) is 0 Å². The van der Waals surface area contributed by atoms with E-state index < -0.39 is 11.1 Å². The molecule has 1 fully saturated rings. The van der Waals surface area contributed by atoms with Crippen LogP contribution in [-0.4, -0.2) is 33.5 Å². The maximum atomic E-state index is 12.5. The standard InChI is InChI=1S/C18H11ClINO4S/c19-12-4-2-11(3-5-12)15(23)9-21-17(24)16(26-18(21)25)8-10-1-6-14(22)13(20)7-10/h1-8,22H,9H2. The highest BCUT2D eigenvalue weighted by atomic mass is 127. The third-order valence-electron chi connectivity index (χ3n) is 3.61. The third kappa shape index (κ3) is 4.11. The fourth-order valence-electron chi connectivity index (χ4n) is 2.27. The van der Waals surface area contributed by atoms with Gasteiger partial charge in [-0.05, 0) is 82.4 Å². The molecule has 1 N–H and O–H groups in total. The predicted octanol–water partition coefficient (Wildman–Crippen LogP) is 4.57. The summed E-state index contributed by atoms with van der Waals surface area (Å²) in [5.41, 5.74) is 1.06. The lowest BCUT2D eigenvalue weighted by Crippen LogP contribution is -2.33. The number of carbonyl (C=O) groups excluding carboxylic acids is 3. The van der Waals surface area contributed by atoms with Crippen molar-refractivity contribution < 1.29 is 19.5 Å². The van der Waals surface area contributed by atoms with Crippen molar-refractivity contribution in [2.24, 2.45) is 0 Å². The van der Waals surface area contributed by atoms with E-state index in [0.29, 0.717) is 19.7 Å². The minimum atomic E-state index is -0.509. The van der Waals surface area contributed by atoms with E-state index in [-0.39, 0.29) is 23.0 Å². The molecular weight excluding hydrogens is 489 g/mol. The maximum absolute atomic E-state index is 12.5. The van der Waals surface area contributed by atoms with E-state index in [9.17, 15) is 19.5 Å². The Hall–Kier alpha value is -1.84. The van der Waals surface area contributed by atoms with Gasteiger partial charge in [-0.25, -0.2) is 0 Å². The number of benzene rings is 2. The highest BCUT2D eigenvalue weighted by molar-refractivity contribution is 14.1. The largest absolute Gasteiger partial charge is 0.507 e. The Balaban J connectivity index is 1.78. The van der Waals surface area contributed by atoms with Crippen molar-refractivity contribution in [3.05, 3.63) is 67.1 Å². The Kier molecular flexibility index (Phi) is 5.69. The molecule has 26 heavy (non-hydrogen) atoms. The molecule has 1 aliphatic rings. The molecule has 0 radical (unpaired) electrons. The second kappa shape index (κ2) is 7.81. The first kappa shape index (κ1) is 18.9. The Morgan fingerprint density at radius 2 is 1.88 bits per heavy atom. The highest BCUT2D eigenvalue weighted by Crippen LogP contribution is 2.33. The molecule has 1 saturated heterocycles. The van der Waals surface area contributed by atoms with Crippen molar-refractivity contribution in [3.8, 4) is 5.75 Å². The second-order valence-corrected chi connectivity index (χ2v) is 8.00. The molecule has 8 heteroatoms. The molecule has 0 bridgehead atoms. The van der Waals surface area contributed by atoms with Gasteiger partial charge in [0.25, 0.3) is 11.1 Å². The number of halogens is 2. The van der Waals surface area contributed by atoms with Crippen LogP contribution in [0.15, 0.2) is 47.4 Å². The summed E-state index contributed by atoms with van der Waals surface area (Å²) >= 11 is 8.55. The van der Waals surface area contributed by atoms with Crippen LogP contribution >= 0.6 is 46.0 Å². The number of carbonyl (C=O) groups is 3. The zero-order chi connectivity index (χ0) is 18.8. The summed E-state index contributed by atoms with van der Waals surface area (Å²) in [5.74, 6) is -0.709. The first-order valence-corrected chi connectivity index (χ1v) is 9.65. The first-order chi connectivity index (χ1) is 12.3. The molecule has 1 heterocycles. The molecule has 2 aromatic carbocycles. The van der Waals surface area contributed by atoms with Crippen molar-refractivity contribution in [3.63, 3.8) is 0 Å². The molecule has 0 spiro atoms. The average Bonchev–Trinajstić information content (AvgIpc) is 2.86. The van der Waals surface area contributed by atoms with E-state index in [1.165, 1.54) is 6.07 Å². The Morgan fingerprint density at radius 1 is 1.19 bits per heavy atom. The zero-order valence-corrected chi connectivity index (χ0v) is 16.8. The summed E-state index contributed by atoms with van der Waals surface area (Å²) in [5, 5.41) is 9.57. The molecule has 2 amide bonds. The van der Waals surface area contributed by atoms with Gasteiger partial charge in [-0.2, -0.15) is 0 Å². The molecular formula is C18H11ClINO4S. The summed E-state index contributed by atoms with van der Waals surface area (Å²) in [6.45, 7) is -0.323. The molecule has 0 atom stereocenters. The Morgan fingerprint density at radius 3 is 2.54 bits per heavy atom. The van der Waals surface area contributed by atoms with Crippen molar-refractivity contribution in [2.45, 2.75) is 0 Å². The van der Waals surface area contributed by atoms with Crippen LogP contribution in [-0.2, 0) is 4.79 Å². The average molecular weight is 500 g/mol. The summed E-state index contributed by atoms with van der Waals surface area (Å²) in [6.07, 6.45) is 1.57. The molecule has 0 aromatic heterocycles. The molecule has 0 saturated carbocycles. The van der Waals surface area contributed by atoms with Crippen molar-refractivity contribution in [1.29, 1.82) is 0 Å². The van der Waals surface area contributed by atoms with Gasteiger partial charge in [0.15, 0.2) is 5.78 Å². The second-order valence-electron chi connectivity index (χ2n) is 5.41. The molecule has 5 nitrogen and oxygen atoms in total. The monoisotopic (exact) mass is 499 g/mol. The number of aromatic hydroxyl groups is 1. The number of amides is 2. The van der Waals surface area contributed by atoms with Crippen LogP contribution in [0.25, 0.3) is 6.08 Å². The number of nitrogens with zero attached hydrogens (tertiary/aromatic N) is 1. The lowest BCUT2D eigenvalue weighted by atomic mass is 10.1. The van der Waals surface area contributed by atoms with E-state index in [4.69, 9.17) is 11.6 Å². The normalized spacial score (nSPS) is 15.8. The number of ketones is 1. The minimum Gasteiger partial charge on any atom is -0.507 e. The van der Waals surface area contributed by atoms with E-state index >= 15 is 0 Å². The molecule has 3 rings (SSSR count). The van der Waals surface area contributed by atoms with Crippen LogP contribution < -0.4 is 0 Å². The first-order valence-electron chi connectivity index (χ1n) is 7.38. The van der Waals surface area contributed by atoms with E-state index in [1.807, 2.05) is 22.6 Å². The number of hydrogen-bond donors (Lipinski definition) is 1. The number of phenolic OH excluding ortho intramolecular Hbond substituents is 1. The molecule has 2 aromatic rings. The van der Waals surface area contributed by atoms with Crippen LogP contribution in [0, 0.1) is 3.57 Å². The van der Waals surface area contributed by atoms with Crippen LogP contribution in [0.1, 0.15) is 15.9 Å². The van der Waals surface area contributed by atoms with E-state index in [1.54, 1.807) is 42.5 Å². The minimum absolute atomic E-state index is 0.143. The number of phenols is 1. The number of thioether (sulfide) groups is 1. The fourth-order valence-corrected chi connectivity index (χ4v) is 3.77. The van der Waals surface area contributed by atoms with Crippen molar-refractivity contribution in [2.75, 3.05) is 6.54 Å². The molecule has 1 aliphatic heterocycles. The van der Waals surface area contributed by atoms with Gasteiger partial charge in [0, 0.05) is 10.6 Å². The molecule has 0 unspecified atom stereocenters. The van der Waals surface area contributed by atoms with Crippen LogP contribution in [0.2, 0.25) is 5.02 Å². The van der Waals surface area contributed by atoms with Crippen LogP contribution in [0.4, 0.5) is 4.79 Å². The van der Waals surface area contributed by atoms with Gasteiger partial charge in [0.1, 0.15) is 5.75 Å². The highest BCUT2D eigenvalue weighted by Gasteiger charge is 2.36. The van der Waals surface area contributed by atoms with Gasteiger partial charge in [-0.15, -0.1) is 0 Å². The smallest absolute Gasteiger partial charge is 0.293 e. The number of rotatable bonds is 4. The lowest BCUT2D eigenvalue weighted by molar-refractivity contribution is -0.122. The summed E-state index contributed by atoms with van der Waals surface area (Å²) in [6, 6.07) is 11.1. The third-order valence-corrected chi connectivity index (χ3v) is 5.63. The van der Waals surface area contributed by atoms with Gasteiger partial charge in [-0.3, -0.25) is 19.3 Å². The van der Waals surface area contributed by atoms with Gasteiger partial charge in [-0.1, -0.05) is 17.7 Å². The quantitative estimate of drug-likeness (QED) is 0.379. The van der Waals surface area contributed by atoms with Crippen LogP contribution in [0.5, 0.6) is 5.75 Å². The Labute approximate surface area is 172 Å². The SMILES string of the molecule is O=C(CN1C(=O)SC(=Cc2ccc(O)c(I)c2)C1=O)c1ccc(Cl)cc1. The van der Waals surface area contributed by atoms with Gasteiger partial charge >= 0.3 is 0 Å². The summed E-state index contributed by atoms with van der Waals surface area (Å²) < 4.78 is 0.633. The zero-order valence-electron chi connectivity index (χ0n) is 13.1. The summed E-state index contributed by atoms with van der Waals surface area (Å²) in [7, 11) is 0. The Bertz CT molecular complexity index is 943. The van der Waals surface area contributed by atoms with Crippen molar-refractivity contribution in [1.82, 2.24) is 4.90 Å². The number of Topliss-reactive ketones (excluding diaryl/α,β-unsaturated/α-hetero) is 1. The number of imide groups is 1.